The van der Waals surface area contributed by atoms with Crippen LogP contribution in [0.4, 0.5) is 8.78 Å². The molecule has 0 bridgehead atoms. The zero-order chi connectivity index (χ0) is 13.3. The second kappa shape index (κ2) is 5.23. The van der Waals surface area contributed by atoms with E-state index in [1.807, 2.05) is 4.90 Å². The molecule has 0 aliphatic carbocycles. The van der Waals surface area contributed by atoms with Crippen molar-refractivity contribution in [1.29, 1.82) is 0 Å². The second-order valence-electron chi connectivity index (χ2n) is 5.13. The molecule has 1 atom stereocenters. The SMILES string of the molecule is CC1(O)CCCN(Cc2c(F)ccc(Br)c2F)C1. The normalized spacial score (nSPS) is 25.4. The number of halogens is 3. The van der Waals surface area contributed by atoms with Crippen molar-refractivity contribution in [2.45, 2.75) is 31.9 Å². The van der Waals surface area contributed by atoms with Gasteiger partial charge in [0.05, 0.1) is 10.1 Å². The van der Waals surface area contributed by atoms with Crippen LogP contribution in [0.15, 0.2) is 16.6 Å². The maximum absolute atomic E-state index is 13.8. The predicted molar refractivity (Wildman–Crippen MR) is 69.2 cm³/mol. The lowest BCUT2D eigenvalue weighted by Gasteiger charge is -2.36. The van der Waals surface area contributed by atoms with E-state index in [9.17, 15) is 13.9 Å². The van der Waals surface area contributed by atoms with E-state index in [2.05, 4.69) is 15.9 Å². The summed E-state index contributed by atoms with van der Waals surface area (Å²) in [4.78, 5) is 1.89. The molecular weight excluding hydrogens is 304 g/mol. The number of aliphatic hydroxyl groups is 1. The molecule has 1 heterocycles. The van der Waals surface area contributed by atoms with Gasteiger partial charge in [0.25, 0.3) is 0 Å². The molecule has 1 aliphatic heterocycles. The number of β-amino-alcohol motifs (C(OH)–C–C–N with tert-alkyl or cyclic N) is 1. The van der Waals surface area contributed by atoms with E-state index in [1.165, 1.54) is 12.1 Å². The predicted octanol–water partition coefficient (Wildman–Crippen LogP) is 3.07. The van der Waals surface area contributed by atoms with Crippen molar-refractivity contribution in [1.82, 2.24) is 4.90 Å². The van der Waals surface area contributed by atoms with Crippen molar-refractivity contribution in [3.05, 3.63) is 33.8 Å². The number of benzene rings is 1. The molecule has 5 heteroatoms. The Balaban J connectivity index is 2.17. The van der Waals surface area contributed by atoms with E-state index < -0.39 is 17.2 Å². The summed E-state index contributed by atoms with van der Waals surface area (Å²) in [5.41, 5.74) is -0.709. The van der Waals surface area contributed by atoms with Gasteiger partial charge < -0.3 is 5.11 Å². The van der Waals surface area contributed by atoms with Gasteiger partial charge in [0, 0.05) is 18.7 Å². The summed E-state index contributed by atoms with van der Waals surface area (Å²) in [6.45, 7) is 3.14. The Morgan fingerprint density at radius 3 is 2.83 bits per heavy atom. The summed E-state index contributed by atoms with van der Waals surface area (Å²) >= 11 is 3.06. The van der Waals surface area contributed by atoms with E-state index in [0.717, 1.165) is 19.4 Å². The molecule has 2 rings (SSSR count). The minimum Gasteiger partial charge on any atom is -0.389 e. The summed E-state index contributed by atoms with van der Waals surface area (Å²) in [6.07, 6.45) is 1.57. The molecule has 0 aromatic heterocycles. The number of rotatable bonds is 2. The van der Waals surface area contributed by atoms with Crippen molar-refractivity contribution in [2.24, 2.45) is 0 Å². The monoisotopic (exact) mass is 319 g/mol. The van der Waals surface area contributed by atoms with Gasteiger partial charge in [-0.05, 0) is 54.4 Å². The van der Waals surface area contributed by atoms with Crippen LogP contribution in [0.2, 0.25) is 0 Å². The van der Waals surface area contributed by atoms with Gasteiger partial charge in [0.1, 0.15) is 11.6 Å². The second-order valence-corrected chi connectivity index (χ2v) is 5.99. The molecule has 100 valence electrons. The van der Waals surface area contributed by atoms with Crippen molar-refractivity contribution >= 4 is 15.9 Å². The molecule has 0 amide bonds. The largest absolute Gasteiger partial charge is 0.389 e. The molecule has 0 saturated carbocycles. The maximum atomic E-state index is 13.8. The van der Waals surface area contributed by atoms with Crippen LogP contribution in [0, 0.1) is 11.6 Å². The summed E-state index contributed by atoms with van der Waals surface area (Å²) in [6, 6.07) is 2.62. The lowest BCUT2D eigenvalue weighted by molar-refractivity contribution is -0.0187. The van der Waals surface area contributed by atoms with Crippen LogP contribution in [0.5, 0.6) is 0 Å². The Kier molecular flexibility index (Phi) is 4.04. The van der Waals surface area contributed by atoms with Crippen LogP contribution < -0.4 is 0 Å². The number of hydrogen-bond acceptors (Lipinski definition) is 2. The fourth-order valence-corrected chi connectivity index (χ4v) is 2.77. The minimum atomic E-state index is -0.767. The Morgan fingerprint density at radius 1 is 1.44 bits per heavy atom. The third-order valence-electron chi connectivity index (χ3n) is 3.27. The lowest BCUT2D eigenvalue weighted by atomic mass is 9.95. The summed E-state index contributed by atoms with van der Waals surface area (Å²) in [5, 5.41) is 9.98. The standard InChI is InChI=1S/C13H16BrF2NO/c1-13(18)5-2-6-17(8-13)7-9-11(15)4-3-10(14)12(9)16/h3-4,18H,2,5-8H2,1H3. The Hall–Kier alpha value is -0.520. The number of piperidine rings is 1. The van der Waals surface area contributed by atoms with Crippen LogP contribution in [-0.4, -0.2) is 28.7 Å². The molecule has 0 radical (unpaired) electrons. The van der Waals surface area contributed by atoms with Crippen LogP contribution in [0.3, 0.4) is 0 Å². The van der Waals surface area contributed by atoms with Gasteiger partial charge in [-0.2, -0.15) is 0 Å². The van der Waals surface area contributed by atoms with E-state index >= 15 is 0 Å². The highest BCUT2D eigenvalue weighted by Crippen LogP contribution is 2.26. The fourth-order valence-electron chi connectivity index (χ4n) is 2.40. The van der Waals surface area contributed by atoms with Crippen molar-refractivity contribution in [3.63, 3.8) is 0 Å². The van der Waals surface area contributed by atoms with Gasteiger partial charge in [0.2, 0.25) is 0 Å². The van der Waals surface area contributed by atoms with Gasteiger partial charge in [-0.3, -0.25) is 4.90 Å². The summed E-state index contributed by atoms with van der Waals surface area (Å²) in [7, 11) is 0. The van der Waals surface area contributed by atoms with Crippen LogP contribution in [0.1, 0.15) is 25.3 Å². The first-order valence-corrected chi connectivity index (χ1v) is 6.75. The Bertz CT molecular complexity index is 451. The zero-order valence-electron chi connectivity index (χ0n) is 10.2. The third-order valence-corrected chi connectivity index (χ3v) is 3.89. The highest BCUT2D eigenvalue weighted by Gasteiger charge is 2.29. The highest BCUT2D eigenvalue weighted by atomic mass is 79.9. The quantitative estimate of drug-likeness (QED) is 0.847. The van der Waals surface area contributed by atoms with E-state index in [-0.39, 0.29) is 16.6 Å². The van der Waals surface area contributed by atoms with Crippen molar-refractivity contribution < 1.29 is 13.9 Å². The maximum Gasteiger partial charge on any atom is 0.144 e. The highest BCUT2D eigenvalue weighted by molar-refractivity contribution is 9.10. The summed E-state index contributed by atoms with van der Waals surface area (Å²) in [5.74, 6) is -1.10. The van der Waals surface area contributed by atoms with Crippen molar-refractivity contribution in [3.8, 4) is 0 Å². The molecule has 1 fully saturated rings. The fraction of sp³-hybridized carbons (Fsp3) is 0.538. The first-order chi connectivity index (χ1) is 8.39. The average Bonchev–Trinajstić information content (AvgIpc) is 2.28. The zero-order valence-corrected chi connectivity index (χ0v) is 11.8. The van der Waals surface area contributed by atoms with E-state index in [0.29, 0.717) is 6.54 Å². The van der Waals surface area contributed by atoms with Gasteiger partial charge in [-0.1, -0.05) is 0 Å². The first-order valence-electron chi connectivity index (χ1n) is 5.96. The molecule has 1 saturated heterocycles. The third kappa shape index (κ3) is 3.08. The van der Waals surface area contributed by atoms with Gasteiger partial charge in [0.15, 0.2) is 0 Å². The number of nitrogens with zero attached hydrogens (tertiary/aromatic N) is 1. The molecule has 1 unspecified atom stereocenters. The Morgan fingerprint density at radius 2 is 2.17 bits per heavy atom. The molecule has 1 aromatic carbocycles. The molecule has 0 spiro atoms. The molecule has 18 heavy (non-hydrogen) atoms. The smallest absolute Gasteiger partial charge is 0.144 e. The number of likely N-dealkylation sites (tertiary alicyclic amines) is 1. The first kappa shape index (κ1) is 13.9. The van der Waals surface area contributed by atoms with Crippen LogP contribution in [0.25, 0.3) is 0 Å². The number of hydrogen-bond donors (Lipinski definition) is 1. The van der Waals surface area contributed by atoms with E-state index in [4.69, 9.17) is 0 Å². The molecular formula is C13H16BrF2NO. The molecule has 1 N–H and O–H groups in total. The molecule has 1 aliphatic rings. The average molecular weight is 320 g/mol. The van der Waals surface area contributed by atoms with E-state index in [1.54, 1.807) is 6.92 Å². The van der Waals surface area contributed by atoms with Crippen molar-refractivity contribution in [2.75, 3.05) is 13.1 Å². The van der Waals surface area contributed by atoms with Gasteiger partial charge >= 0.3 is 0 Å². The van der Waals surface area contributed by atoms with Crippen LogP contribution >= 0.6 is 15.9 Å². The topological polar surface area (TPSA) is 23.5 Å². The van der Waals surface area contributed by atoms with Gasteiger partial charge in [-0.25, -0.2) is 8.78 Å². The lowest BCUT2D eigenvalue weighted by Crippen LogP contribution is -2.45. The minimum absolute atomic E-state index is 0.0575. The Labute approximate surface area is 114 Å². The van der Waals surface area contributed by atoms with Crippen LogP contribution in [-0.2, 0) is 6.54 Å². The van der Waals surface area contributed by atoms with Gasteiger partial charge in [-0.15, -0.1) is 0 Å². The molecule has 2 nitrogen and oxygen atoms in total. The summed E-state index contributed by atoms with van der Waals surface area (Å²) < 4.78 is 27.7. The molecule has 1 aromatic rings.